The van der Waals surface area contributed by atoms with Gasteiger partial charge < -0.3 is 9.80 Å². The van der Waals surface area contributed by atoms with Gasteiger partial charge in [0.05, 0.1) is 39.1 Å². The summed E-state index contributed by atoms with van der Waals surface area (Å²) in [5.41, 5.74) is -2.43. The van der Waals surface area contributed by atoms with Crippen molar-refractivity contribution in [2.24, 2.45) is 0 Å². The molecule has 1 aromatic carbocycles. The number of amides is 1. The molecule has 0 aromatic heterocycles. The number of carbonyl (C=O) groups is 1. The van der Waals surface area contributed by atoms with Gasteiger partial charge in [-0.2, -0.15) is 0 Å². The van der Waals surface area contributed by atoms with Crippen LogP contribution in [0.1, 0.15) is 58.8 Å². The van der Waals surface area contributed by atoms with Gasteiger partial charge in [-0.25, -0.2) is 13.0 Å². The number of anilines is 1. The molecule has 1 aromatic rings. The number of nitro groups is 1. The van der Waals surface area contributed by atoms with Crippen LogP contribution in [0.25, 0.3) is 0 Å². The lowest BCUT2D eigenvalue weighted by atomic mass is 10.1. The summed E-state index contributed by atoms with van der Waals surface area (Å²) in [4.78, 5) is 27.3. The zero-order valence-electron chi connectivity index (χ0n) is 24.2. The molecule has 0 bridgehead atoms. The molecule has 12 nitrogen and oxygen atoms in total. The van der Waals surface area contributed by atoms with Crippen molar-refractivity contribution in [2.75, 3.05) is 54.6 Å². The first-order valence-electron chi connectivity index (χ1n) is 12.5. The molecule has 40 heavy (non-hydrogen) atoms. The standard InChI is InChI=1S/C24H40Br2N3O9PS/c1-9-40(34,35)21-17-19(29(31)32)18(16-20(21)28(12-10-25)13-11-26)22(30)27(8)14-15-36-39(33,37-23(2,3)4)38-24(5,6)7/h16-17H,9-15H2,1-8H3. The fourth-order valence-electron chi connectivity index (χ4n) is 3.43. The molecule has 16 heteroatoms. The number of nitrogens with zero attached hydrogens (tertiary/aromatic N) is 3. The number of sulfone groups is 1. The quantitative estimate of drug-likeness (QED) is 0.0936. The van der Waals surface area contributed by atoms with Gasteiger partial charge in [0, 0.05) is 43.4 Å². The molecule has 0 aliphatic rings. The van der Waals surface area contributed by atoms with Crippen LogP contribution in [0.2, 0.25) is 0 Å². The highest BCUT2D eigenvalue weighted by Crippen LogP contribution is 2.55. The van der Waals surface area contributed by atoms with Crippen LogP contribution in [-0.2, 0) is 28.0 Å². The average Bonchev–Trinajstić information content (AvgIpc) is 2.79. The Bertz CT molecular complexity index is 1180. The number of alkyl halides is 2. The number of hydrogen-bond donors (Lipinski definition) is 0. The second-order valence-corrected chi connectivity index (χ2v) is 16.1. The molecule has 0 heterocycles. The first kappa shape index (κ1) is 36.9. The zero-order valence-corrected chi connectivity index (χ0v) is 29.1. The van der Waals surface area contributed by atoms with Crippen LogP contribution in [0.3, 0.4) is 0 Å². The highest BCUT2D eigenvalue weighted by molar-refractivity contribution is 9.09. The van der Waals surface area contributed by atoms with Gasteiger partial charge in [0.25, 0.3) is 11.6 Å². The van der Waals surface area contributed by atoms with E-state index in [-0.39, 0.29) is 35.1 Å². The molecule has 0 N–H and O–H groups in total. The van der Waals surface area contributed by atoms with Crippen molar-refractivity contribution in [3.05, 3.63) is 27.8 Å². The van der Waals surface area contributed by atoms with Gasteiger partial charge in [-0.15, -0.1) is 0 Å². The molecular formula is C24H40Br2N3O9PS. The van der Waals surface area contributed by atoms with Crippen LogP contribution >= 0.6 is 39.7 Å². The third-order valence-electron chi connectivity index (χ3n) is 5.06. The lowest BCUT2D eigenvalue weighted by Gasteiger charge is -2.31. The first-order valence-corrected chi connectivity index (χ1v) is 17.9. The lowest BCUT2D eigenvalue weighted by molar-refractivity contribution is -0.385. The Morgan fingerprint density at radius 2 is 1.52 bits per heavy atom. The number of carbonyl (C=O) groups excluding carboxylic acids is 1. The predicted molar refractivity (Wildman–Crippen MR) is 163 cm³/mol. The van der Waals surface area contributed by atoms with E-state index in [1.807, 2.05) is 0 Å². The third kappa shape index (κ3) is 11.3. The van der Waals surface area contributed by atoms with Crippen molar-refractivity contribution in [3.63, 3.8) is 0 Å². The van der Waals surface area contributed by atoms with Crippen LogP contribution < -0.4 is 4.90 Å². The number of nitro benzene ring substituents is 1. The number of phosphoric acid groups is 1. The molecule has 0 aliphatic carbocycles. The number of benzene rings is 1. The van der Waals surface area contributed by atoms with Gasteiger partial charge in [-0.3, -0.25) is 28.5 Å². The number of hydrogen-bond acceptors (Lipinski definition) is 10. The van der Waals surface area contributed by atoms with E-state index in [1.54, 1.807) is 46.4 Å². The van der Waals surface area contributed by atoms with E-state index in [9.17, 15) is 27.9 Å². The molecule has 0 saturated heterocycles. The number of likely N-dealkylation sites (N-methyl/N-ethyl adjacent to an activating group) is 1. The summed E-state index contributed by atoms with van der Waals surface area (Å²) in [6.07, 6.45) is 0. The van der Waals surface area contributed by atoms with Crippen LogP contribution in [-0.4, -0.2) is 85.1 Å². The van der Waals surface area contributed by atoms with Crippen molar-refractivity contribution < 1.29 is 36.3 Å². The fourth-order valence-corrected chi connectivity index (χ4v) is 7.18. The summed E-state index contributed by atoms with van der Waals surface area (Å²) in [6, 6.07) is 2.20. The summed E-state index contributed by atoms with van der Waals surface area (Å²) in [5.74, 6) is -1.01. The Morgan fingerprint density at radius 3 is 1.93 bits per heavy atom. The number of halogens is 2. The summed E-state index contributed by atoms with van der Waals surface area (Å²) >= 11 is 6.70. The molecule has 0 unspecified atom stereocenters. The molecule has 0 saturated carbocycles. The highest BCUT2D eigenvalue weighted by atomic mass is 79.9. The molecule has 1 amide bonds. The SMILES string of the molecule is CCS(=O)(=O)c1cc([N+](=O)[O-])c(C(=O)N(C)CCOP(=O)(OC(C)(C)C)OC(C)(C)C)cc1N(CCBr)CCBr. The monoisotopic (exact) mass is 735 g/mol. The minimum Gasteiger partial charge on any atom is -0.369 e. The molecule has 0 atom stereocenters. The van der Waals surface area contributed by atoms with Crippen LogP contribution in [0.4, 0.5) is 11.4 Å². The second-order valence-electron chi connectivity index (χ2n) is 10.8. The Labute approximate surface area is 254 Å². The minimum absolute atomic E-state index is 0.113. The van der Waals surface area contributed by atoms with Crippen molar-refractivity contribution in [3.8, 4) is 0 Å². The molecular weight excluding hydrogens is 697 g/mol. The molecule has 0 spiro atoms. The van der Waals surface area contributed by atoms with E-state index in [4.69, 9.17) is 13.6 Å². The van der Waals surface area contributed by atoms with Crippen LogP contribution in [0.15, 0.2) is 17.0 Å². The Balaban J connectivity index is 3.45. The predicted octanol–water partition coefficient (Wildman–Crippen LogP) is 5.81. The van der Waals surface area contributed by atoms with E-state index < -0.39 is 45.4 Å². The molecule has 230 valence electrons. The van der Waals surface area contributed by atoms with Crippen molar-refractivity contribution in [2.45, 2.75) is 64.6 Å². The van der Waals surface area contributed by atoms with E-state index in [0.29, 0.717) is 23.7 Å². The van der Waals surface area contributed by atoms with Gasteiger partial charge in [0.15, 0.2) is 9.84 Å². The second kappa shape index (κ2) is 14.9. The molecule has 0 radical (unpaired) electrons. The maximum Gasteiger partial charge on any atom is 0.475 e. The number of rotatable bonds is 15. The van der Waals surface area contributed by atoms with Gasteiger partial charge in [0.1, 0.15) is 5.56 Å². The highest BCUT2D eigenvalue weighted by Gasteiger charge is 2.37. The van der Waals surface area contributed by atoms with Gasteiger partial charge >= 0.3 is 7.82 Å². The van der Waals surface area contributed by atoms with Gasteiger partial charge in [-0.05, 0) is 47.6 Å². The lowest BCUT2D eigenvalue weighted by Crippen LogP contribution is -2.33. The van der Waals surface area contributed by atoms with E-state index in [1.165, 1.54) is 20.0 Å². The van der Waals surface area contributed by atoms with Crippen LogP contribution in [0.5, 0.6) is 0 Å². The van der Waals surface area contributed by atoms with Gasteiger partial charge in [0.2, 0.25) is 0 Å². The summed E-state index contributed by atoms with van der Waals surface area (Å²) in [7, 11) is -6.51. The number of phosphoric ester groups is 1. The minimum atomic E-state index is -4.04. The van der Waals surface area contributed by atoms with Crippen molar-refractivity contribution in [1.29, 1.82) is 0 Å². The summed E-state index contributed by atoms with van der Waals surface area (Å²) in [5, 5.41) is 13.0. The topological polar surface area (TPSA) is 146 Å². The van der Waals surface area contributed by atoms with E-state index in [2.05, 4.69) is 31.9 Å². The van der Waals surface area contributed by atoms with E-state index in [0.717, 1.165) is 11.0 Å². The van der Waals surface area contributed by atoms with Crippen molar-refractivity contribution in [1.82, 2.24) is 4.90 Å². The summed E-state index contributed by atoms with van der Waals surface area (Å²) < 4.78 is 55.8. The fraction of sp³-hybridized carbons (Fsp3) is 0.708. The zero-order chi connectivity index (χ0) is 31.1. The first-order chi connectivity index (χ1) is 18.2. The summed E-state index contributed by atoms with van der Waals surface area (Å²) in [6.45, 7) is 12.0. The van der Waals surface area contributed by atoms with Gasteiger partial charge in [-0.1, -0.05) is 38.8 Å². The third-order valence-corrected chi connectivity index (χ3v) is 9.57. The maximum atomic E-state index is 13.5. The van der Waals surface area contributed by atoms with E-state index >= 15 is 0 Å². The molecule has 1 rings (SSSR count). The average molecular weight is 737 g/mol. The molecule has 0 fully saturated rings. The van der Waals surface area contributed by atoms with Crippen LogP contribution in [0, 0.1) is 10.1 Å². The van der Waals surface area contributed by atoms with Crippen molar-refractivity contribution >= 4 is 66.8 Å². The smallest absolute Gasteiger partial charge is 0.369 e. The maximum absolute atomic E-state index is 13.5. The Morgan fingerprint density at radius 1 is 1.02 bits per heavy atom. The largest absolute Gasteiger partial charge is 0.475 e. The molecule has 0 aliphatic heterocycles. The Kier molecular flexibility index (Phi) is 13.7. The Hall–Kier alpha value is -1.09. The normalized spacial score (nSPS) is 12.8.